The predicted molar refractivity (Wildman–Crippen MR) is 40.5 cm³/mol. The number of rotatable bonds is 3. The van der Waals surface area contributed by atoms with Crippen LogP contribution in [0.15, 0.2) is 25.2 Å². The number of H-pyrrole nitrogens is 1. The van der Waals surface area contributed by atoms with Crippen molar-refractivity contribution in [2.24, 2.45) is 5.73 Å². The second kappa shape index (κ2) is 3.17. The molecule has 3 heteroatoms. The number of hydrogen-bond acceptors (Lipinski definition) is 2. The molecule has 0 radical (unpaired) electrons. The van der Waals surface area contributed by atoms with Gasteiger partial charge in [0.1, 0.15) is 0 Å². The molecule has 0 aliphatic heterocycles. The summed E-state index contributed by atoms with van der Waals surface area (Å²) in [5.74, 6) is 0. The van der Waals surface area contributed by atoms with Crippen molar-refractivity contribution < 1.29 is 0 Å². The van der Waals surface area contributed by atoms with Gasteiger partial charge in [0.05, 0.1) is 6.33 Å². The fraction of sp³-hybridized carbons (Fsp3) is 0.286. The lowest BCUT2D eigenvalue weighted by atomic mass is 10.2. The highest BCUT2D eigenvalue weighted by Gasteiger charge is 1.98. The Morgan fingerprint density at radius 3 is 3.20 bits per heavy atom. The fourth-order valence-corrected chi connectivity index (χ4v) is 0.734. The van der Waals surface area contributed by atoms with Crippen LogP contribution in [0.3, 0.4) is 0 Å². The van der Waals surface area contributed by atoms with Gasteiger partial charge < -0.3 is 10.7 Å². The molecule has 1 atom stereocenters. The second-order valence-corrected chi connectivity index (χ2v) is 2.18. The van der Waals surface area contributed by atoms with Crippen molar-refractivity contribution >= 4 is 0 Å². The van der Waals surface area contributed by atoms with E-state index in [4.69, 9.17) is 5.73 Å². The SMILES string of the molecule is C=CC(N)Cc1cnc[nH]1. The maximum atomic E-state index is 5.60. The van der Waals surface area contributed by atoms with E-state index < -0.39 is 0 Å². The van der Waals surface area contributed by atoms with Crippen LogP contribution in [0.4, 0.5) is 0 Å². The van der Waals surface area contributed by atoms with Crippen molar-refractivity contribution in [3.05, 3.63) is 30.9 Å². The molecule has 3 nitrogen and oxygen atoms in total. The molecule has 0 amide bonds. The van der Waals surface area contributed by atoms with E-state index >= 15 is 0 Å². The summed E-state index contributed by atoms with van der Waals surface area (Å²) in [5, 5.41) is 0. The van der Waals surface area contributed by atoms with Crippen molar-refractivity contribution in [2.75, 3.05) is 0 Å². The maximum absolute atomic E-state index is 5.60. The molecular formula is C7H11N3. The highest BCUT2D eigenvalue weighted by Crippen LogP contribution is 1.95. The van der Waals surface area contributed by atoms with Gasteiger partial charge in [0.15, 0.2) is 0 Å². The summed E-state index contributed by atoms with van der Waals surface area (Å²) in [7, 11) is 0. The van der Waals surface area contributed by atoms with Crippen LogP contribution in [0.1, 0.15) is 5.69 Å². The first-order chi connectivity index (χ1) is 4.83. The molecule has 0 aromatic carbocycles. The van der Waals surface area contributed by atoms with E-state index in [-0.39, 0.29) is 6.04 Å². The minimum absolute atomic E-state index is 0.0282. The van der Waals surface area contributed by atoms with Gasteiger partial charge in [-0.25, -0.2) is 4.98 Å². The van der Waals surface area contributed by atoms with E-state index in [1.807, 2.05) is 0 Å². The molecule has 0 bridgehead atoms. The quantitative estimate of drug-likeness (QED) is 0.595. The normalized spacial score (nSPS) is 12.9. The average molecular weight is 137 g/mol. The third kappa shape index (κ3) is 1.70. The first kappa shape index (κ1) is 7.02. The van der Waals surface area contributed by atoms with Crippen molar-refractivity contribution in [3.8, 4) is 0 Å². The monoisotopic (exact) mass is 137 g/mol. The number of nitrogens with zero attached hydrogens (tertiary/aromatic N) is 1. The zero-order valence-corrected chi connectivity index (χ0v) is 5.75. The van der Waals surface area contributed by atoms with Gasteiger partial charge in [-0.3, -0.25) is 0 Å². The third-order valence-electron chi connectivity index (χ3n) is 1.31. The largest absolute Gasteiger partial charge is 0.348 e. The van der Waals surface area contributed by atoms with E-state index in [1.54, 1.807) is 18.6 Å². The molecular weight excluding hydrogens is 126 g/mol. The van der Waals surface area contributed by atoms with Crippen molar-refractivity contribution in [1.82, 2.24) is 9.97 Å². The fourth-order valence-electron chi connectivity index (χ4n) is 0.734. The Labute approximate surface area is 60.0 Å². The first-order valence-electron chi connectivity index (χ1n) is 3.18. The Bertz CT molecular complexity index is 191. The lowest BCUT2D eigenvalue weighted by Gasteiger charge is -2.01. The zero-order chi connectivity index (χ0) is 7.40. The Morgan fingerprint density at radius 2 is 2.70 bits per heavy atom. The zero-order valence-electron chi connectivity index (χ0n) is 5.75. The van der Waals surface area contributed by atoms with Gasteiger partial charge in [-0.05, 0) is 0 Å². The van der Waals surface area contributed by atoms with Crippen LogP contribution in [0.5, 0.6) is 0 Å². The van der Waals surface area contributed by atoms with E-state index in [0.29, 0.717) is 0 Å². The van der Waals surface area contributed by atoms with Crippen molar-refractivity contribution in [2.45, 2.75) is 12.5 Å². The van der Waals surface area contributed by atoms with Crippen LogP contribution in [0.25, 0.3) is 0 Å². The van der Waals surface area contributed by atoms with Crippen LogP contribution in [-0.2, 0) is 6.42 Å². The van der Waals surface area contributed by atoms with Crippen LogP contribution >= 0.6 is 0 Å². The maximum Gasteiger partial charge on any atom is 0.0921 e. The van der Waals surface area contributed by atoms with Crippen LogP contribution < -0.4 is 5.73 Å². The van der Waals surface area contributed by atoms with E-state index in [1.165, 1.54) is 0 Å². The molecule has 0 spiro atoms. The smallest absolute Gasteiger partial charge is 0.0921 e. The molecule has 1 aromatic rings. The number of nitrogens with two attached hydrogens (primary N) is 1. The van der Waals surface area contributed by atoms with E-state index in [9.17, 15) is 0 Å². The molecule has 0 aliphatic carbocycles. The highest BCUT2D eigenvalue weighted by molar-refractivity contribution is 5.00. The Kier molecular flexibility index (Phi) is 2.23. The van der Waals surface area contributed by atoms with Crippen LogP contribution in [-0.4, -0.2) is 16.0 Å². The third-order valence-corrected chi connectivity index (χ3v) is 1.31. The van der Waals surface area contributed by atoms with Crippen LogP contribution in [0.2, 0.25) is 0 Å². The molecule has 1 unspecified atom stereocenters. The van der Waals surface area contributed by atoms with Gasteiger partial charge in [-0.2, -0.15) is 0 Å². The number of imidazole rings is 1. The van der Waals surface area contributed by atoms with Gasteiger partial charge in [-0.1, -0.05) is 6.08 Å². The van der Waals surface area contributed by atoms with Crippen molar-refractivity contribution in [1.29, 1.82) is 0 Å². The Hall–Kier alpha value is -1.09. The average Bonchev–Trinajstić information content (AvgIpc) is 2.40. The van der Waals surface area contributed by atoms with Crippen molar-refractivity contribution in [3.63, 3.8) is 0 Å². The summed E-state index contributed by atoms with van der Waals surface area (Å²) >= 11 is 0. The summed E-state index contributed by atoms with van der Waals surface area (Å²) in [5.41, 5.74) is 6.65. The minimum Gasteiger partial charge on any atom is -0.348 e. The molecule has 1 rings (SSSR count). The second-order valence-electron chi connectivity index (χ2n) is 2.18. The lowest BCUT2D eigenvalue weighted by molar-refractivity contribution is 0.794. The number of hydrogen-bond donors (Lipinski definition) is 2. The molecule has 0 fully saturated rings. The summed E-state index contributed by atoms with van der Waals surface area (Å²) in [6, 6.07) is 0.0282. The molecule has 0 saturated heterocycles. The topological polar surface area (TPSA) is 54.7 Å². The van der Waals surface area contributed by atoms with Gasteiger partial charge in [-0.15, -0.1) is 6.58 Å². The lowest BCUT2D eigenvalue weighted by Crippen LogP contribution is -2.19. The molecule has 10 heavy (non-hydrogen) atoms. The molecule has 1 heterocycles. The molecule has 54 valence electrons. The summed E-state index contributed by atoms with van der Waals surface area (Å²) in [6.07, 6.45) is 5.92. The molecule has 1 aromatic heterocycles. The Balaban J connectivity index is 2.47. The van der Waals surface area contributed by atoms with Gasteiger partial charge in [0.25, 0.3) is 0 Å². The number of nitrogens with one attached hydrogen (secondary N) is 1. The minimum atomic E-state index is 0.0282. The standard InChI is InChI=1S/C7H11N3/c1-2-6(8)3-7-4-9-5-10-7/h2,4-6H,1,3,8H2,(H,9,10). The van der Waals surface area contributed by atoms with E-state index in [2.05, 4.69) is 16.5 Å². The van der Waals surface area contributed by atoms with Gasteiger partial charge >= 0.3 is 0 Å². The molecule has 3 N–H and O–H groups in total. The van der Waals surface area contributed by atoms with Gasteiger partial charge in [0.2, 0.25) is 0 Å². The molecule has 0 saturated carbocycles. The Morgan fingerprint density at radius 1 is 1.90 bits per heavy atom. The highest BCUT2D eigenvalue weighted by atomic mass is 14.9. The summed E-state index contributed by atoms with van der Waals surface area (Å²) in [4.78, 5) is 6.83. The predicted octanol–water partition coefficient (Wildman–Crippen LogP) is 0.466. The number of aromatic amines is 1. The van der Waals surface area contributed by atoms with E-state index in [0.717, 1.165) is 12.1 Å². The van der Waals surface area contributed by atoms with Gasteiger partial charge in [0, 0.05) is 24.4 Å². The molecule has 0 aliphatic rings. The summed E-state index contributed by atoms with van der Waals surface area (Å²) < 4.78 is 0. The summed E-state index contributed by atoms with van der Waals surface area (Å²) in [6.45, 7) is 3.58. The number of aromatic nitrogens is 2. The first-order valence-corrected chi connectivity index (χ1v) is 3.18. The van der Waals surface area contributed by atoms with Crippen LogP contribution in [0, 0.1) is 0 Å².